The second-order valence-corrected chi connectivity index (χ2v) is 8.06. The van der Waals surface area contributed by atoms with Crippen molar-refractivity contribution in [2.45, 2.75) is 72.1 Å². The number of nitrogens with zero attached hydrogens (tertiary/aromatic N) is 2. The van der Waals surface area contributed by atoms with Crippen molar-refractivity contribution in [1.82, 2.24) is 15.1 Å². The third-order valence-electron chi connectivity index (χ3n) is 4.67. The van der Waals surface area contributed by atoms with E-state index in [-0.39, 0.29) is 11.6 Å². The van der Waals surface area contributed by atoms with Crippen LogP contribution in [0.5, 0.6) is 0 Å². The van der Waals surface area contributed by atoms with E-state index in [0.29, 0.717) is 5.92 Å². The van der Waals surface area contributed by atoms with Crippen molar-refractivity contribution in [2.24, 2.45) is 0 Å². The lowest BCUT2D eigenvalue weighted by Gasteiger charge is -2.22. The number of hydrogen-bond acceptors (Lipinski definition) is 3. The number of aromatic nitrogens is 2. The van der Waals surface area contributed by atoms with E-state index < -0.39 is 0 Å². The first kappa shape index (κ1) is 19.7. The molecule has 0 aliphatic heterocycles. The minimum absolute atomic E-state index is 0.00795. The van der Waals surface area contributed by atoms with Gasteiger partial charge in [-0.05, 0) is 59.4 Å². The van der Waals surface area contributed by atoms with E-state index in [4.69, 9.17) is 5.10 Å². The molecular formula is C21H33N3O. The molecule has 2 unspecified atom stereocenters. The molecule has 0 saturated heterocycles. The van der Waals surface area contributed by atoms with Gasteiger partial charge >= 0.3 is 0 Å². The van der Waals surface area contributed by atoms with E-state index in [1.165, 1.54) is 16.8 Å². The number of aliphatic hydroxyl groups is 1. The number of nitrogens with one attached hydrogen (secondary N) is 1. The minimum Gasteiger partial charge on any atom is -0.393 e. The van der Waals surface area contributed by atoms with Crippen LogP contribution in [-0.4, -0.2) is 27.5 Å². The number of aliphatic hydroxyl groups excluding tert-OH is 1. The lowest BCUT2D eigenvalue weighted by atomic mass is 9.93. The molecule has 4 heteroatoms. The van der Waals surface area contributed by atoms with E-state index in [1.807, 2.05) is 13.0 Å². The molecule has 2 aromatic rings. The summed E-state index contributed by atoms with van der Waals surface area (Å²) in [5.41, 5.74) is 4.86. The zero-order chi connectivity index (χ0) is 18.6. The van der Waals surface area contributed by atoms with Gasteiger partial charge in [-0.2, -0.15) is 5.10 Å². The molecule has 2 atom stereocenters. The van der Waals surface area contributed by atoms with E-state index in [9.17, 15) is 5.11 Å². The Bertz CT molecular complexity index is 668. The maximum absolute atomic E-state index is 9.84. The van der Waals surface area contributed by atoms with Crippen LogP contribution in [0, 0.1) is 13.8 Å². The first-order valence-corrected chi connectivity index (χ1v) is 9.19. The Hall–Kier alpha value is -1.65. The molecule has 1 aromatic heterocycles. The maximum atomic E-state index is 9.84. The summed E-state index contributed by atoms with van der Waals surface area (Å²) in [7, 11) is 0. The van der Waals surface area contributed by atoms with Gasteiger partial charge in [0, 0.05) is 24.3 Å². The van der Waals surface area contributed by atoms with Gasteiger partial charge in [-0.15, -0.1) is 0 Å². The van der Waals surface area contributed by atoms with Crippen LogP contribution in [0.25, 0.3) is 0 Å². The summed E-state index contributed by atoms with van der Waals surface area (Å²) in [6.07, 6.45) is 0.454. The summed E-state index contributed by atoms with van der Waals surface area (Å²) < 4.78 is 2.11. The van der Waals surface area contributed by atoms with Crippen molar-refractivity contribution in [3.05, 3.63) is 52.8 Å². The second-order valence-electron chi connectivity index (χ2n) is 8.06. The summed E-state index contributed by atoms with van der Waals surface area (Å²) in [5, 5.41) is 18.2. The van der Waals surface area contributed by atoms with Crippen molar-refractivity contribution in [1.29, 1.82) is 0 Å². The van der Waals surface area contributed by atoms with Crippen molar-refractivity contribution >= 4 is 0 Å². The predicted molar refractivity (Wildman–Crippen MR) is 104 cm³/mol. The van der Waals surface area contributed by atoms with Gasteiger partial charge in [0.25, 0.3) is 0 Å². The highest BCUT2D eigenvalue weighted by atomic mass is 16.3. The maximum Gasteiger partial charge on any atom is 0.0641 e. The van der Waals surface area contributed by atoms with Crippen LogP contribution in [0.15, 0.2) is 30.3 Å². The van der Waals surface area contributed by atoms with Crippen molar-refractivity contribution in [3.63, 3.8) is 0 Å². The van der Waals surface area contributed by atoms with Crippen LogP contribution in [0.4, 0.5) is 0 Å². The smallest absolute Gasteiger partial charge is 0.0641 e. The van der Waals surface area contributed by atoms with Crippen molar-refractivity contribution < 1.29 is 5.11 Å². The molecule has 0 aliphatic carbocycles. The third kappa shape index (κ3) is 5.16. The Morgan fingerprint density at radius 1 is 1.16 bits per heavy atom. The predicted octanol–water partition coefficient (Wildman–Crippen LogP) is 3.90. The molecule has 2 rings (SSSR count). The molecule has 0 saturated carbocycles. The molecule has 0 bridgehead atoms. The lowest BCUT2D eigenvalue weighted by Crippen LogP contribution is -2.26. The molecule has 0 fully saturated rings. The van der Waals surface area contributed by atoms with Gasteiger partial charge in [-0.1, -0.05) is 30.3 Å². The number of benzene rings is 1. The molecule has 25 heavy (non-hydrogen) atoms. The van der Waals surface area contributed by atoms with Crippen LogP contribution in [-0.2, 0) is 12.1 Å². The fourth-order valence-electron chi connectivity index (χ4n) is 3.43. The fourth-order valence-corrected chi connectivity index (χ4v) is 3.43. The van der Waals surface area contributed by atoms with Crippen LogP contribution in [0.2, 0.25) is 0 Å². The molecule has 0 spiro atoms. The highest BCUT2D eigenvalue weighted by molar-refractivity contribution is 5.25. The monoisotopic (exact) mass is 343 g/mol. The lowest BCUT2D eigenvalue weighted by molar-refractivity contribution is 0.173. The summed E-state index contributed by atoms with van der Waals surface area (Å²) >= 11 is 0. The van der Waals surface area contributed by atoms with E-state index in [0.717, 1.165) is 25.2 Å². The standard InChI is InChI=1S/C21H33N3O/c1-15(25)12-19(18-10-8-7-9-11-18)13-22-14-20-16(2)23-24(17(20)3)21(4,5)6/h7-11,15,19,22,25H,12-14H2,1-6H3. The Morgan fingerprint density at radius 3 is 2.32 bits per heavy atom. The van der Waals surface area contributed by atoms with Crippen LogP contribution in [0.3, 0.4) is 0 Å². The van der Waals surface area contributed by atoms with Gasteiger partial charge in [0.2, 0.25) is 0 Å². The number of aryl methyl sites for hydroxylation is 1. The number of rotatable bonds is 7. The Balaban J connectivity index is 2.06. The first-order valence-electron chi connectivity index (χ1n) is 9.19. The highest BCUT2D eigenvalue weighted by Gasteiger charge is 2.21. The van der Waals surface area contributed by atoms with Crippen LogP contribution >= 0.6 is 0 Å². The van der Waals surface area contributed by atoms with Gasteiger partial charge in [-0.25, -0.2) is 0 Å². The molecule has 4 nitrogen and oxygen atoms in total. The Morgan fingerprint density at radius 2 is 1.80 bits per heavy atom. The quantitative estimate of drug-likeness (QED) is 0.801. The van der Waals surface area contributed by atoms with Crippen LogP contribution in [0.1, 0.15) is 62.5 Å². The summed E-state index contributed by atoms with van der Waals surface area (Å²) in [5.74, 6) is 0.305. The molecule has 0 aliphatic rings. The molecule has 1 aromatic carbocycles. The van der Waals surface area contributed by atoms with Gasteiger partial charge in [-0.3, -0.25) is 4.68 Å². The van der Waals surface area contributed by atoms with E-state index in [1.54, 1.807) is 0 Å². The molecule has 1 heterocycles. The second kappa shape index (κ2) is 8.15. The first-order chi connectivity index (χ1) is 11.7. The summed E-state index contributed by atoms with van der Waals surface area (Å²) in [6.45, 7) is 14.3. The molecule has 138 valence electrons. The fraction of sp³-hybridized carbons (Fsp3) is 0.571. The van der Waals surface area contributed by atoms with Crippen LogP contribution < -0.4 is 5.32 Å². The summed E-state index contributed by atoms with van der Waals surface area (Å²) in [4.78, 5) is 0. The van der Waals surface area contributed by atoms with E-state index in [2.05, 4.69) is 68.9 Å². The zero-order valence-electron chi connectivity index (χ0n) is 16.5. The minimum atomic E-state index is -0.306. The number of hydrogen-bond donors (Lipinski definition) is 2. The van der Waals surface area contributed by atoms with Gasteiger partial charge in [0.05, 0.1) is 17.3 Å². The van der Waals surface area contributed by atoms with Gasteiger partial charge in [0.1, 0.15) is 0 Å². The van der Waals surface area contributed by atoms with Crippen molar-refractivity contribution in [3.8, 4) is 0 Å². The SMILES string of the molecule is Cc1nn(C(C)(C)C)c(C)c1CNCC(CC(C)O)c1ccccc1. The molecule has 0 radical (unpaired) electrons. The topological polar surface area (TPSA) is 50.1 Å². The van der Waals surface area contributed by atoms with E-state index >= 15 is 0 Å². The third-order valence-corrected chi connectivity index (χ3v) is 4.67. The Kier molecular flexibility index (Phi) is 6.42. The van der Waals surface area contributed by atoms with Gasteiger partial charge < -0.3 is 10.4 Å². The molecule has 2 N–H and O–H groups in total. The van der Waals surface area contributed by atoms with Crippen molar-refractivity contribution in [2.75, 3.05) is 6.54 Å². The van der Waals surface area contributed by atoms with Gasteiger partial charge in [0.15, 0.2) is 0 Å². The molecular weight excluding hydrogens is 310 g/mol. The zero-order valence-corrected chi connectivity index (χ0v) is 16.5. The highest BCUT2D eigenvalue weighted by Crippen LogP contribution is 2.23. The normalized spacial score (nSPS) is 14.5. The summed E-state index contributed by atoms with van der Waals surface area (Å²) in [6, 6.07) is 10.4. The molecule has 0 amide bonds. The largest absolute Gasteiger partial charge is 0.393 e. The average Bonchev–Trinajstić information content (AvgIpc) is 2.82. The Labute approximate surface area is 152 Å². The average molecular weight is 344 g/mol.